The van der Waals surface area contributed by atoms with Gasteiger partial charge in [0.1, 0.15) is 6.04 Å². The topological polar surface area (TPSA) is 72.5 Å². The molecule has 3 atom stereocenters. The van der Waals surface area contributed by atoms with Gasteiger partial charge in [0.15, 0.2) is 0 Å². The number of rotatable bonds is 2. The second kappa shape index (κ2) is 3.87. The first-order valence-electron chi connectivity index (χ1n) is 4.16. The number of aliphatic hydroxyl groups excluding tert-OH is 1. The molecule has 1 saturated carbocycles. The summed E-state index contributed by atoms with van der Waals surface area (Å²) in [6.45, 7) is 0. The number of hydrogen-bond donors (Lipinski definition) is 2. The molecular weight excluding hydrogens is 158 g/mol. The molecule has 0 unspecified atom stereocenters. The predicted molar refractivity (Wildman–Crippen MR) is 43.3 cm³/mol. The standard InChI is InChI=1S/C8H15NO3/c1-12-8(11)7(9)5-2-3-6(10)4-5/h5-7,10H,2-4,9H2,1H3/t5-,6-,7-/m0/s1. The van der Waals surface area contributed by atoms with Gasteiger partial charge in [-0.15, -0.1) is 0 Å². The minimum absolute atomic E-state index is 0.0902. The van der Waals surface area contributed by atoms with Crippen molar-refractivity contribution in [3.63, 3.8) is 0 Å². The fourth-order valence-corrected chi connectivity index (χ4v) is 1.65. The van der Waals surface area contributed by atoms with E-state index < -0.39 is 6.04 Å². The van der Waals surface area contributed by atoms with E-state index in [0.717, 1.165) is 12.8 Å². The van der Waals surface area contributed by atoms with Crippen LogP contribution in [0.4, 0.5) is 0 Å². The zero-order valence-electron chi connectivity index (χ0n) is 7.19. The molecule has 0 aromatic heterocycles. The van der Waals surface area contributed by atoms with E-state index in [2.05, 4.69) is 4.74 Å². The maximum Gasteiger partial charge on any atom is 0.322 e. The summed E-state index contributed by atoms with van der Waals surface area (Å²) >= 11 is 0. The van der Waals surface area contributed by atoms with Gasteiger partial charge in [0, 0.05) is 0 Å². The zero-order valence-corrected chi connectivity index (χ0v) is 7.19. The lowest BCUT2D eigenvalue weighted by Gasteiger charge is -2.15. The number of ether oxygens (including phenoxy) is 1. The van der Waals surface area contributed by atoms with E-state index in [0.29, 0.717) is 6.42 Å². The number of esters is 1. The predicted octanol–water partition coefficient (Wildman–Crippen LogP) is -0.352. The minimum Gasteiger partial charge on any atom is -0.468 e. The van der Waals surface area contributed by atoms with Crippen LogP contribution in [0.3, 0.4) is 0 Å². The van der Waals surface area contributed by atoms with Gasteiger partial charge in [-0.3, -0.25) is 4.79 Å². The highest BCUT2D eigenvalue weighted by Crippen LogP contribution is 2.27. The molecule has 0 saturated heterocycles. The van der Waals surface area contributed by atoms with Crippen molar-refractivity contribution < 1.29 is 14.6 Å². The third-order valence-corrected chi connectivity index (χ3v) is 2.43. The zero-order chi connectivity index (χ0) is 9.14. The molecule has 4 nitrogen and oxygen atoms in total. The number of carbonyl (C=O) groups excluding carboxylic acids is 1. The summed E-state index contributed by atoms with van der Waals surface area (Å²) < 4.78 is 4.51. The summed E-state index contributed by atoms with van der Waals surface area (Å²) in [5.74, 6) is -0.290. The lowest BCUT2D eigenvalue weighted by molar-refractivity contribution is -0.143. The molecule has 0 aliphatic heterocycles. The average Bonchev–Trinajstić information content (AvgIpc) is 2.49. The number of nitrogens with two attached hydrogens (primary N) is 1. The maximum atomic E-state index is 11.0. The number of methoxy groups -OCH3 is 1. The van der Waals surface area contributed by atoms with Crippen molar-refractivity contribution in [3.05, 3.63) is 0 Å². The van der Waals surface area contributed by atoms with Crippen molar-refractivity contribution >= 4 is 5.97 Å². The van der Waals surface area contributed by atoms with E-state index in [-0.39, 0.29) is 18.0 Å². The molecule has 1 aliphatic rings. The largest absolute Gasteiger partial charge is 0.468 e. The van der Waals surface area contributed by atoms with Gasteiger partial charge in [-0.25, -0.2) is 0 Å². The molecule has 0 amide bonds. The van der Waals surface area contributed by atoms with Crippen molar-refractivity contribution in [3.8, 4) is 0 Å². The second-order valence-corrected chi connectivity index (χ2v) is 3.28. The maximum absolute atomic E-state index is 11.0. The van der Waals surface area contributed by atoms with Crippen LogP contribution < -0.4 is 5.73 Å². The Hall–Kier alpha value is -0.610. The van der Waals surface area contributed by atoms with Crippen molar-refractivity contribution in [2.45, 2.75) is 31.4 Å². The average molecular weight is 173 g/mol. The Morgan fingerprint density at radius 2 is 2.33 bits per heavy atom. The van der Waals surface area contributed by atoms with Gasteiger partial charge in [-0.1, -0.05) is 0 Å². The summed E-state index contributed by atoms with van der Waals surface area (Å²) in [5, 5.41) is 9.20. The highest BCUT2D eigenvalue weighted by molar-refractivity contribution is 5.75. The van der Waals surface area contributed by atoms with E-state index >= 15 is 0 Å². The Morgan fingerprint density at radius 3 is 2.75 bits per heavy atom. The third kappa shape index (κ3) is 1.95. The van der Waals surface area contributed by atoms with Crippen LogP contribution in [0.1, 0.15) is 19.3 Å². The number of carbonyl (C=O) groups is 1. The molecule has 70 valence electrons. The first kappa shape index (κ1) is 9.48. The van der Waals surface area contributed by atoms with E-state index in [4.69, 9.17) is 5.73 Å². The molecule has 12 heavy (non-hydrogen) atoms. The van der Waals surface area contributed by atoms with Gasteiger partial charge in [0.05, 0.1) is 13.2 Å². The fraction of sp³-hybridized carbons (Fsp3) is 0.875. The summed E-state index contributed by atoms with van der Waals surface area (Å²) in [7, 11) is 1.33. The molecule has 0 radical (unpaired) electrons. The Morgan fingerprint density at radius 1 is 1.67 bits per heavy atom. The Labute approximate surface area is 71.7 Å². The minimum atomic E-state index is -0.563. The van der Waals surface area contributed by atoms with Crippen LogP contribution in [-0.4, -0.2) is 30.3 Å². The van der Waals surface area contributed by atoms with Crippen molar-refractivity contribution in [2.75, 3.05) is 7.11 Å². The monoisotopic (exact) mass is 173 g/mol. The second-order valence-electron chi connectivity index (χ2n) is 3.28. The molecule has 1 fully saturated rings. The molecule has 0 heterocycles. The molecule has 4 heteroatoms. The van der Waals surface area contributed by atoms with Gasteiger partial charge in [0.25, 0.3) is 0 Å². The SMILES string of the molecule is COC(=O)[C@@H](N)[C@H]1CC[C@H](O)C1. The van der Waals surface area contributed by atoms with Crippen molar-refractivity contribution in [1.82, 2.24) is 0 Å². The van der Waals surface area contributed by atoms with Crippen molar-refractivity contribution in [2.24, 2.45) is 11.7 Å². The normalized spacial score (nSPS) is 31.6. The highest BCUT2D eigenvalue weighted by Gasteiger charge is 2.32. The summed E-state index contributed by atoms with van der Waals surface area (Å²) in [4.78, 5) is 11.0. The van der Waals surface area contributed by atoms with Crippen molar-refractivity contribution in [1.29, 1.82) is 0 Å². The molecule has 1 aliphatic carbocycles. The van der Waals surface area contributed by atoms with E-state index in [1.807, 2.05) is 0 Å². The van der Waals surface area contributed by atoms with Crippen LogP contribution in [0.25, 0.3) is 0 Å². The smallest absolute Gasteiger partial charge is 0.322 e. The van der Waals surface area contributed by atoms with Gasteiger partial charge in [-0.2, -0.15) is 0 Å². The molecule has 0 bridgehead atoms. The number of aliphatic hydroxyl groups is 1. The van der Waals surface area contributed by atoms with Crippen LogP contribution in [0.15, 0.2) is 0 Å². The molecular formula is C8H15NO3. The molecule has 3 N–H and O–H groups in total. The van der Waals surface area contributed by atoms with Gasteiger partial charge >= 0.3 is 5.97 Å². The van der Waals surface area contributed by atoms with Gasteiger partial charge in [0.2, 0.25) is 0 Å². The Balaban J connectivity index is 2.42. The quantitative estimate of drug-likeness (QED) is 0.560. The van der Waals surface area contributed by atoms with Crippen LogP contribution in [-0.2, 0) is 9.53 Å². The summed E-state index contributed by atoms with van der Waals surface area (Å²) in [6, 6.07) is -0.563. The van der Waals surface area contributed by atoms with Gasteiger partial charge in [-0.05, 0) is 25.2 Å². The van der Waals surface area contributed by atoms with Crippen LogP contribution >= 0.6 is 0 Å². The molecule has 0 aromatic rings. The molecule has 0 aromatic carbocycles. The van der Waals surface area contributed by atoms with Crippen LogP contribution in [0, 0.1) is 5.92 Å². The van der Waals surface area contributed by atoms with Gasteiger partial charge < -0.3 is 15.6 Å². The summed E-state index contributed by atoms with van der Waals surface area (Å²) in [5.41, 5.74) is 5.61. The van der Waals surface area contributed by atoms with Crippen LogP contribution in [0.5, 0.6) is 0 Å². The third-order valence-electron chi connectivity index (χ3n) is 2.43. The number of hydrogen-bond acceptors (Lipinski definition) is 4. The highest BCUT2D eigenvalue weighted by atomic mass is 16.5. The first-order chi connectivity index (χ1) is 5.65. The molecule has 1 rings (SSSR count). The van der Waals surface area contributed by atoms with E-state index in [9.17, 15) is 9.90 Å². The lowest BCUT2D eigenvalue weighted by Crippen LogP contribution is -2.38. The fourth-order valence-electron chi connectivity index (χ4n) is 1.65. The Bertz CT molecular complexity index is 172. The van der Waals surface area contributed by atoms with E-state index in [1.165, 1.54) is 7.11 Å². The summed E-state index contributed by atoms with van der Waals surface area (Å²) in [6.07, 6.45) is 1.90. The Kier molecular flexibility index (Phi) is 3.05. The van der Waals surface area contributed by atoms with Crippen LogP contribution in [0.2, 0.25) is 0 Å². The lowest BCUT2D eigenvalue weighted by atomic mass is 9.99. The van der Waals surface area contributed by atoms with E-state index in [1.54, 1.807) is 0 Å². The molecule has 0 spiro atoms. The first-order valence-corrected chi connectivity index (χ1v) is 4.16.